The van der Waals surface area contributed by atoms with Crippen LogP contribution in [-0.2, 0) is 12.6 Å². The molecule has 0 spiro atoms. The zero-order chi connectivity index (χ0) is 15.6. The largest absolute Gasteiger partial charge is 0.416 e. The molecular formula is C13H16F3N5. The van der Waals surface area contributed by atoms with Gasteiger partial charge in [0.25, 0.3) is 0 Å². The topological polar surface area (TPSA) is 95.9 Å². The second-order valence-corrected chi connectivity index (χ2v) is 4.60. The van der Waals surface area contributed by atoms with E-state index >= 15 is 0 Å². The number of alkyl halides is 3. The van der Waals surface area contributed by atoms with Crippen LogP contribution < -0.4 is 17.2 Å². The monoisotopic (exact) mass is 299 g/mol. The van der Waals surface area contributed by atoms with Crippen molar-refractivity contribution in [2.24, 2.45) is 5.73 Å². The van der Waals surface area contributed by atoms with Crippen molar-refractivity contribution in [2.75, 3.05) is 18.0 Å². The summed E-state index contributed by atoms with van der Waals surface area (Å²) in [6.07, 6.45) is -3.10. The van der Waals surface area contributed by atoms with Gasteiger partial charge in [-0.2, -0.15) is 13.2 Å². The maximum absolute atomic E-state index is 12.5. The van der Waals surface area contributed by atoms with E-state index in [4.69, 9.17) is 17.2 Å². The summed E-state index contributed by atoms with van der Waals surface area (Å²) in [4.78, 5) is 0. The molecule has 5 nitrogen and oxygen atoms in total. The molecule has 8 heteroatoms. The van der Waals surface area contributed by atoms with Crippen LogP contribution in [0.25, 0.3) is 5.69 Å². The number of halogens is 3. The molecule has 1 aromatic heterocycles. The second kappa shape index (κ2) is 5.65. The van der Waals surface area contributed by atoms with Gasteiger partial charge in [0, 0.05) is 5.56 Å². The smallest absolute Gasteiger partial charge is 0.383 e. The van der Waals surface area contributed by atoms with Gasteiger partial charge in [0.15, 0.2) is 5.82 Å². The molecule has 0 aliphatic carbocycles. The lowest BCUT2D eigenvalue weighted by atomic mass is 10.1. The Morgan fingerprint density at radius 1 is 1.10 bits per heavy atom. The summed E-state index contributed by atoms with van der Waals surface area (Å²) in [5, 5.41) is 4.07. The minimum absolute atomic E-state index is 0.265. The van der Waals surface area contributed by atoms with Crippen molar-refractivity contribution in [1.29, 1.82) is 0 Å². The highest BCUT2D eigenvalue weighted by atomic mass is 19.4. The molecule has 2 aromatic rings. The van der Waals surface area contributed by atoms with Crippen LogP contribution in [0.4, 0.5) is 24.8 Å². The summed E-state index contributed by atoms with van der Waals surface area (Å²) in [5.41, 5.74) is 17.5. The molecule has 0 unspecified atom stereocenters. The molecule has 6 N–H and O–H groups in total. The maximum atomic E-state index is 12.5. The van der Waals surface area contributed by atoms with E-state index < -0.39 is 11.7 Å². The summed E-state index contributed by atoms with van der Waals surface area (Å²) in [6, 6.07) is 4.56. The number of hydrogen-bond acceptors (Lipinski definition) is 4. The lowest BCUT2D eigenvalue weighted by Gasteiger charge is -2.08. The first-order valence-corrected chi connectivity index (χ1v) is 6.35. The summed E-state index contributed by atoms with van der Waals surface area (Å²) in [6.45, 7) is 0.490. The fourth-order valence-corrected chi connectivity index (χ4v) is 2.00. The Morgan fingerprint density at radius 3 is 2.24 bits per heavy atom. The first kappa shape index (κ1) is 15.2. The SMILES string of the molecule is NCCCc1c(N)nn(-c2ccc(C(F)(F)F)cc2)c1N. The lowest BCUT2D eigenvalue weighted by molar-refractivity contribution is -0.137. The molecule has 0 saturated heterocycles. The molecule has 0 fully saturated rings. The van der Waals surface area contributed by atoms with E-state index in [1.807, 2.05) is 0 Å². The van der Waals surface area contributed by atoms with Gasteiger partial charge in [-0.15, -0.1) is 5.10 Å². The third-order valence-corrected chi connectivity index (χ3v) is 3.12. The Balaban J connectivity index is 2.34. The molecule has 0 bridgehead atoms. The van der Waals surface area contributed by atoms with Crippen LogP contribution >= 0.6 is 0 Å². The number of anilines is 2. The van der Waals surface area contributed by atoms with Crippen LogP contribution in [0.3, 0.4) is 0 Å². The van der Waals surface area contributed by atoms with Gasteiger partial charge in [0.2, 0.25) is 0 Å². The van der Waals surface area contributed by atoms with Crippen LogP contribution in [-0.4, -0.2) is 16.3 Å². The van der Waals surface area contributed by atoms with Crippen LogP contribution in [0.1, 0.15) is 17.5 Å². The van der Waals surface area contributed by atoms with Crippen molar-refractivity contribution >= 4 is 11.6 Å². The highest BCUT2D eigenvalue weighted by molar-refractivity contribution is 5.58. The molecule has 114 valence electrons. The van der Waals surface area contributed by atoms with Gasteiger partial charge >= 0.3 is 6.18 Å². The second-order valence-electron chi connectivity index (χ2n) is 4.60. The van der Waals surface area contributed by atoms with Gasteiger partial charge in [-0.3, -0.25) is 0 Å². The third-order valence-electron chi connectivity index (χ3n) is 3.12. The molecule has 0 atom stereocenters. The number of aromatic nitrogens is 2. The number of hydrogen-bond donors (Lipinski definition) is 3. The summed E-state index contributed by atoms with van der Waals surface area (Å²) in [5.74, 6) is 0.585. The summed E-state index contributed by atoms with van der Waals surface area (Å²) >= 11 is 0. The third kappa shape index (κ3) is 3.10. The summed E-state index contributed by atoms with van der Waals surface area (Å²) in [7, 11) is 0. The molecular weight excluding hydrogens is 283 g/mol. The van der Waals surface area contributed by atoms with Gasteiger partial charge in [-0.1, -0.05) is 0 Å². The Morgan fingerprint density at radius 2 is 1.71 bits per heavy atom. The Hall–Kier alpha value is -2.22. The quantitative estimate of drug-likeness (QED) is 0.804. The van der Waals surface area contributed by atoms with Crippen molar-refractivity contribution < 1.29 is 13.2 Å². The van der Waals surface area contributed by atoms with Crippen LogP contribution in [0.5, 0.6) is 0 Å². The first-order chi connectivity index (χ1) is 9.84. The molecule has 1 aromatic carbocycles. The Bertz CT molecular complexity index is 616. The molecule has 2 rings (SSSR count). The zero-order valence-corrected chi connectivity index (χ0v) is 11.2. The summed E-state index contributed by atoms with van der Waals surface area (Å²) < 4.78 is 38.9. The van der Waals surface area contributed by atoms with E-state index in [2.05, 4.69) is 5.10 Å². The maximum Gasteiger partial charge on any atom is 0.416 e. The highest BCUT2D eigenvalue weighted by Gasteiger charge is 2.30. The minimum atomic E-state index is -4.38. The number of nitrogen functional groups attached to an aromatic ring is 2. The van der Waals surface area contributed by atoms with E-state index in [9.17, 15) is 13.2 Å². The van der Waals surface area contributed by atoms with E-state index in [0.717, 1.165) is 12.1 Å². The molecule has 0 radical (unpaired) electrons. The molecule has 0 aliphatic rings. The molecule has 0 aliphatic heterocycles. The predicted molar refractivity (Wildman–Crippen MR) is 74.8 cm³/mol. The van der Waals surface area contributed by atoms with Crippen LogP contribution in [0.2, 0.25) is 0 Å². The first-order valence-electron chi connectivity index (χ1n) is 6.35. The lowest BCUT2D eigenvalue weighted by Crippen LogP contribution is -2.07. The Kier molecular flexibility index (Phi) is 4.08. The minimum Gasteiger partial charge on any atom is -0.383 e. The van der Waals surface area contributed by atoms with Gasteiger partial charge in [0.05, 0.1) is 11.3 Å². The van der Waals surface area contributed by atoms with Gasteiger partial charge in [-0.25, -0.2) is 4.68 Å². The fourth-order valence-electron chi connectivity index (χ4n) is 2.00. The van der Waals surface area contributed by atoms with Crippen molar-refractivity contribution in [1.82, 2.24) is 9.78 Å². The molecule has 21 heavy (non-hydrogen) atoms. The zero-order valence-electron chi connectivity index (χ0n) is 11.2. The van der Waals surface area contributed by atoms with E-state index in [-0.39, 0.29) is 5.82 Å². The normalized spacial score (nSPS) is 11.8. The predicted octanol–water partition coefficient (Wildman–Crippen LogP) is 1.95. The van der Waals surface area contributed by atoms with E-state index in [1.54, 1.807) is 0 Å². The van der Waals surface area contributed by atoms with Gasteiger partial charge in [-0.05, 0) is 43.7 Å². The average Bonchev–Trinajstić information content (AvgIpc) is 2.71. The number of benzene rings is 1. The van der Waals surface area contributed by atoms with Gasteiger partial charge in [0.1, 0.15) is 5.82 Å². The molecule has 0 amide bonds. The van der Waals surface area contributed by atoms with Crippen molar-refractivity contribution in [3.05, 3.63) is 35.4 Å². The van der Waals surface area contributed by atoms with Crippen LogP contribution in [0, 0.1) is 0 Å². The van der Waals surface area contributed by atoms with Crippen LogP contribution in [0.15, 0.2) is 24.3 Å². The standard InChI is InChI=1S/C13H16F3N5/c14-13(15,16)8-3-5-9(6-4-8)21-12(19)10(2-1-7-17)11(18)20-21/h3-6H,1-2,7,17,19H2,(H2,18,20). The Labute approximate surface area is 119 Å². The van der Waals surface area contributed by atoms with Crippen molar-refractivity contribution in [3.8, 4) is 5.69 Å². The molecule has 0 saturated carbocycles. The molecule has 1 heterocycles. The highest BCUT2D eigenvalue weighted by Crippen LogP contribution is 2.30. The van der Waals surface area contributed by atoms with Crippen molar-refractivity contribution in [3.63, 3.8) is 0 Å². The average molecular weight is 299 g/mol. The van der Waals surface area contributed by atoms with E-state index in [0.29, 0.717) is 36.5 Å². The fraction of sp³-hybridized carbons (Fsp3) is 0.308. The van der Waals surface area contributed by atoms with Gasteiger partial charge < -0.3 is 17.2 Å². The van der Waals surface area contributed by atoms with Crippen molar-refractivity contribution in [2.45, 2.75) is 19.0 Å². The number of nitrogens with zero attached hydrogens (tertiary/aromatic N) is 2. The van der Waals surface area contributed by atoms with E-state index in [1.165, 1.54) is 16.8 Å². The number of rotatable bonds is 4. The number of nitrogens with two attached hydrogens (primary N) is 3.